The van der Waals surface area contributed by atoms with Gasteiger partial charge in [0.2, 0.25) is 0 Å². The van der Waals surface area contributed by atoms with E-state index in [1.165, 1.54) is 28.9 Å². The maximum atomic E-state index is 11.4. The number of aromatic nitrogens is 1. The van der Waals surface area contributed by atoms with Crippen molar-refractivity contribution < 1.29 is 14.3 Å². The Kier molecular flexibility index (Phi) is 5.51. The number of fused-ring (bicyclic) bond motifs is 4. The number of rotatable bonds is 7. The molecule has 32 heavy (non-hydrogen) atoms. The summed E-state index contributed by atoms with van der Waals surface area (Å²) < 4.78 is 13.2. The molecule has 0 aliphatic rings. The molecule has 1 heterocycles. The second-order valence-electron chi connectivity index (χ2n) is 7.95. The van der Waals surface area contributed by atoms with Crippen molar-refractivity contribution in [2.24, 2.45) is 0 Å². The average Bonchev–Trinajstić information content (AvgIpc) is 3.16. The number of para-hydroxylation sites is 2. The smallest absolute Gasteiger partial charge is 0.305 e. The van der Waals surface area contributed by atoms with Crippen LogP contribution in [0.5, 0.6) is 5.75 Å². The third-order valence-electron chi connectivity index (χ3n) is 5.99. The van der Waals surface area contributed by atoms with Gasteiger partial charge in [-0.25, -0.2) is 0 Å². The van der Waals surface area contributed by atoms with Crippen molar-refractivity contribution in [3.05, 3.63) is 90.5 Å². The summed E-state index contributed by atoms with van der Waals surface area (Å²) in [6.45, 7) is 1.36. The minimum atomic E-state index is -0.183. The molecule has 160 valence electrons. The first kappa shape index (κ1) is 20.1. The predicted molar refractivity (Wildman–Crippen MR) is 129 cm³/mol. The van der Waals surface area contributed by atoms with Gasteiger partial charge in [-0.3, -0.25) is 4.79 Å². The highest BCUT2D eigenvalue weighted by Crippen LogP contribution is 2.29. The highest BCUT2D eigenvalue weighted by Gasteiger charge is 2.09. The van der Waals surface area contributed by atoms with Gasteiger partial charge in [-0.15, -0.1) is 0 Å². The minimum Gasteiger partial charge on any atom is -0.492 e. The van der Waals surface area contributed by atoms with Crippen molar-refractivity contribution >= 4 is 38.5 Å². The van der Waals surface area contributed by atoms with E-state index in [4.69, 9.17) is 9.47 Å². The largest absolute Gasteiger partial charge is 0.492 e. The molecule has 4 heteroatoms. The fourth-order valence-electron chi connectivity index (χ4n) is 4.37. The summed E-state index contributed by atoms with van der Waals surface area (Å²) in [7, 11) is 1.42. The molecular formula is C28H25NO3. The predicted octanol–water partition coefficient (Wildman–Crippen LogP) is 6.13. The van der Waals surface area contributed by atoms with Crippen LogP contribution in [0.3, 0.4) is 0 Å². The van der Waals surface area contributed by atoms with Gasteiger partial charge in [0.25, 0.3) is 0 Å². The zero-order chi connectivity index (χ0) is 21.9. The van der Waals surface area contributed by atoms with E-state index in [1.54, 1.807) is 0 Å². The van der Waals surface area contributed by atoms with Gasteiger partial charge < -0.3 is 14.0 Å². The fraction of sp³-hybridized carbons (Fsp3) is 0.179. The Morgan fingerprint density at radius 2 is 1.47 bits per heavy atom. The summed E-state index contributed by atoms with van der Waals surface area (Å²) in [5, 5.41) is 4.82. The van der Waals surface area contributed by atoms with Gasteiger partial charge >= 0.3 is 5.97 Å². The van der Waals surface area contributed by atoms with Gasteiger partial charge in [0, 0.05) is 28.2 Å². The molecule has 5 rings (SSSR count). The number of aryl methyl sites for hydroxylation is 1. The average molecular weight is 424 g/mol. The molecule has 0 amide bonds. The van der Waals surface area contributed by atoms with E-state index in [2.05, 4.69) is 83.4 Å². The lowest BCUT2D eigenvalue weighted by atomic mass is 10.0. The standard InChI is InChI=1S/C28H25NO3/c1-31-28(30)15-11-20-10-12-22-19-23(14-13-21(22)18-20)32-17-16-29-26-8-4-2-6-24(26)25-7-3-5-9-27(25)29/h2-10,12-14,18-19H,11,15-17H2,1H3. The van der Waals surface area contributed by atoms with Gasteiger partial charge in [-0.05, 0) is 47.0 Å². The quantitative estimate of drug-likeness (QED) is 0.296. The summed E-state index contributed by atoms with van der Waals surface area (Å²) in [4.78, 5) is 11.4. The van der Waals surface area contributed by atoms with Crippen LogP contribution in [0, 0.1) is 0 Å². The number of esters is 1. The van der Waals surface area contributed by atoms with Crippen LogP contribution in [-0.2, 0) is 22.5 Å². The van der Waals surface area contributed by atoms with Crippen LogP contribution >= 0.6 is 0 Å². The number of carbonyl (C=O) groups is 1. The number of hydrogen-bond acceptors (Lipinski definition) is 3. The Labute approximate surface area is 187 Å². The zero-order valence-electron chi connectivity index (χ0n) is 18.1. The highest BCUT2D eigenvalue weighted by atomic mass is 16.5. The molecule has 0 saturated carbocycles. The summed E-state index contributed by atoms with van der Waals surface area (Å²) >= 11 is 0. The van der Waals surface area contributed by atoms with Crippen molar-refractivity contribution in [2.45, 2.75) is 19.4 Å². The van der Waals surface area contributed by atoms with E-state index in [-0.39, 0.29) is 5.97 Å². The molecule has 0 aliphatic carbocycles. The maximum Gasteiger partial charge on any atom is 0.305 e. The van der Waals surface area contributed by atoms with Crippen molar-refractivity contribution in [3.63, 3.8) is 0 Å². The lowest BCUT2D eigenvalue weighted by Gasteiger charge is -2.11. The number of ether oxygens (including phenoxy) is 2. The number of carbonyl (C=O) groups excluding carboxylic acids is 1. The first-order valence-corrected chi connectivity index (χ1v) is 10.9. The highest BCUT2D eigenvalue weighted by molar-refractivity contribution is 6.07. The van der Waals surface area contributed by atoms with Crippen LogP contribution in [0.4, 0.5) is 0 Å². The van der Waals surface area contributed by atoms with E-state index in [1.807, 2.05) is 6.07 Å². The number of nitrogens with zero attached hydrogens (tertiary/aromatic N) is 1. The van der Waals surface area contributed by atoms with Gasteiger partial charge in [-0.1, -0.05) is 60.7 Å². The third kappa shape index (κ3) is 3.92. The second-order valence-corrected chi connectivity index (χ2v) is 7.95. The molecule has 0 unspecified atom stereocenters. The van der Waals surface area contributed by atoms with Crippen LogP contribution < -0.4 is 4.74 Å². The van der Waals surface area contributed by atoms with Gasteiger partial charge in [0.15, 0.2) is 0 Å². The van der Waals surface area contributed by atoms with Gasteiger partial charge in [-0.2, -0.15) is 0 Å². The molecule has 5 aromatic rings. The Hall–Kier alpha value is -3.79. The zero-order valence-corrected chi connectivity index (χ0v) is 18.1. The lowest BCUT2D eigenvalue weighted by molar-refractivity contribution is -0.140. The molecule has 0 N–H and O–H groups in total. The Morgan fingerprint density at radius 1 is 0.812 bits per heavy atom. The summed E-state index contributed by atoms with van der Waals surface area (Å²) in [5.74, 6) is 0.678. The maximum absolute atomic E-state index is 11.4. The summed E-state index contributed by atoms with van der Waals surface area (Å²) in [6, 6.07) is 29.5. The Bertz CT molecular complexity index is 1360. The van der Waals surface area contributed by atoms with Crippen LogP contribution in [0.25, 0.3) is 32.6 Å². The Balaban J connectivity index is 1.31. The first-order chi connectivity index (χ1) is 15.7. The normalized spacial score (nSPS) is 11.3. The van der Waals surface area contributed by atoms with E-state index in [0.29, 0.717) is 19.4 Å². The van der Waals surface area contributed by atoms with Crippen LogP contribution in [0.15, 0.2) is 84.9 Å². The third-order valence-corrected chi connectivity index (χ3v) is 5.99. The molecule has 0 bridgehead atoms. The molecule has 0 saturated heterocycles. The van der Waals surface area contributed by atoms with E-state index < -0.39 is 0 Å². The monoisotopic (exact) mass is 423 g/mol. The second kappa shape index (κ2) is 8.75. The number of hydrogen-bond donors (Lipinski definition) is 0. The first-order valence-electron chi connectivity index (χ1n) is 10.9. The molecule has 0 aliphatic heterocycles. The number of methoxy groups -OCH3 is 1. The van der Waals surface area contributed by atoms with E-state index >= 15 is 0 Å². The van der Waals surface area contributed by atoms with E-state index in [9.17, 15) is 4.79 Å². The molecule has 4 nitrogen and oxygen atoms in total. The van der Waals surface area contributed by atoms with Crippen LogP contribution in [0.1, 0.15) is 12.0 Å². The summed E-state index contributed by atoms with van der Waals surface area (Å²) in [5.41, 5.74) is 3.59. The molecule has 0 radical (unpaired) electrons. The van der Waals surface area contributed by atoms with Crippen molar-refractivity contribution in [1.29, 1.82) is 0 Å². The molecule has 0 fully saturated rings. The van der Waals surface area contributed by atoms with Gasteiger partial charge in [0.05, 0.1) is 13.7 Å². The van der Waals surface area contributed by atoms with Gasteiger partial charge in [0.1, 0.15) is 12.4 Å². The van der Waals surface area contributed by atoms with Crippen molar-refractivity contribution in [2.75, 3.05) is 13.7 Å². The summed E-state index contributed by atoms with van der Waals surface area (Å²) in [6.07, 6.45) is 1.08. The van der Waals surface area contributed by atoms with Crippen molar-refractivity contribution in [3.8, 4) is 5.75 Å². The molecule has 0 atom stereocenters. The van der Waals surface area contributed by atoms with E-state index in [0.717, 1.165) is 28.6 Å². The fourth-order valence-corrected chi connectivity index (χ4v) is 4.37. The number of benzene rings is 4. The lowest BCUT2D eigenvalue weighted by Crippen LogP contribution is -2.07. The molecule has 0 spiro atoms. The van der Waals surface area contributed by atoms with Crippen LogP contribution in [-0.4, -0.2) is 24.3 Å². The van der Waals surface area contributed by atoms with Crippen LogP contribution in [0.2, 0.25) is 0 Å². The SMILES string of the molecule is COC(=O)CCc1ccc2cc(OCCn3c4ccccc4c4ccccc43)ccc2c1. The Morgan fingerprint density at radius 3 is 2.19 bits per heavy atom. The minimum absolute atomic E-state index is 0.183. The molecule has 4 aromatic carbocycles. The molecular weight excluding hydrogens is 398 g/mol. The van der Waals surface area contributed by atoms with Crippen molar-refractivity contribution in [1.82, 2.24) is 4.57 Å². The topological polar surface area (TPSA) is 40.5 Å². The molecule has 1 aromatic heterocycles.